The van der Waals surface area contributed by atoms with E-state index in [1.165, 1.54) is 29.8 Å². The Kier molecular flexibility index (Phi) is 6.23. The van der Waals surface area contributed by atoms with E-state index in [0.29, 0.717) is 17.4 Å². The van der Waals surface area contributed by atoms with E-state index in [0.717, 1.165) is 0 Å². The lowest BCUT2D eigenvalue weighted by atomic mass is 10.0. The average Bonchev–Trinajstić information content (AvgIpc) is 2.54. The largest absolute Gasteiger partial charge is 0.471 e. The predicted molar refractivity (Wildman–Crippen MR) is 99.0 cm³/mol. The number of nitrogens with one attached hydrogen (secondary N) is 2. The number of hydrogen-bond acceptors (Lipinski definition) is 4. The molecule has 2 amide bonds. The molecule has 7 nitrogen and oxygen atoms in total. The first-order valence-corrected chi connectivity index (χ1v) is 9.51. The molecule has 0 saturated heterocycles. The summed E-state index contributed by atoms with van der Waals surface area (Å²) < 4.78 is 36.5. The first-order chi connectivity index (χ1) is 12.1. The molecule has 140 valence electrons. The number of urea groups is 1. The number of amides is 2. The minimum absolute atomic E-state index is 0.245. The van der Waals surface area contributed by atoms with Crippen LogP contribution in [-0.4, -0.2) is 25.2 Å². The van der Waals surface area contributed by atoms with Gasteiger partial charge in [-0.25, -0.2) is 4.79 Å². The van der Waals surface area contributed by atoms with Crippen molar-refractivity contribution in [3.63, 3.8) is 0 Å². The van der Waals surface area contributed by atoms with Gasteiger partial charge in [0.1, 0.15) is 5.75 Å². The van der Waals surface area contributed by atoms with Crippen LogP contribution in [0, 0.1) is 0 Å². The highest BCUT2D eigenvalue weighted by atomic mass is 32.2. The summed E-state index contributed by atoms with van der Waals surface area (Å²) in [6.07, 6.45) is -0.572. The van der Waals surface area contributed by atoms with Crippen LogP contribution >= 0.6 is 0 Å². The van der Waals surface area contributed by atoms with Crippen molar-refractivity contribution in [1.29, 1.82) is 0 Å². The van der Waals surface area contributed by atoms with Crippen molar-refractivity contribution < 1.29 is 22.5 Å². The second-order valence-electron chi connectivity index (χ2n) is 6.08. The van der Waals surface area contributed by atoms with Gasteiger partial charge in [0.2, 0.25) is 0 Å². The van der Waals surface area contributed by atoms with Crippen molar-refractivity contribution in [3.05, 3.63) is 54.1 Å². The molecule has 2 rings (SSSR count). The van der Waals surface area contributed by atoms with Gasteiger partial charge in [-0.3, -0.25) is 4.55 Å². The zero-order valence-electron chi connectivity index (χ0n) is 14.8. The van der Waals surface area contributed by atoms with Crippen molar-refractivity contribution in [3.8, 4) is 5.75 Å². The monoisotopic (exact) mass is 378 g/mol. The van der Waals surface area contributed by atoms with Crippen LogP contribution in [0.15, 0.2) is 53.4 Å². The van der Waals surface area contributed by atoms with E-state index in [2.05, 4.69) is 24.5 Å². The van der Waals surface area contributed by atoms with E-state index in [1.54, 1.807) is 6.92 Å². The lowest BCUT2D eigenvalue weighted by molar-refractivity contribution is 0.183. The van der Waals surface area contributed by atoms with Gasteiger partial charge < -0.3 is 15.4 Å². The summed E-state index contributed by atoms with van der Waals surface area (Å²) in [6, 6.07) is 12.3. The van der Waals surface area contributed by atoms with Crippen LogP contribution < -0.4 is 15.4 Å². The predicted octanol–water partition coefficient (Wildman–Crippen LogP) is 3.60. The molecule has 0 bridgehead atoms. The van der Waals surface area contributed by atoms with Crippen LogP contribution in [0.3, 0.4) is 0 Å². The Balaban J connectivity index is 1.88. The number of carbonyl (C=O) groups is 1. The van der Waals surface area contributed by atoms with Gasteiger partial charge in [0, 0.05) is 5.69 Å². The maximum Gasteiger partial charge on any atom is 0.322 e. The van der Waals surface area contributed by atoms with E-state index >= 15 is 0 Å². The van der Waals surface area contributed by atoms with Crippen molar-refractivity contribution in [2.75, 3.05) is 5.32 Å². The van der Waals surface area contributed by atoms with Gasteiger partial charge in [0.25, 0.3) is 10.1 Å². The number of carbonyl (C=O) groups excluding carboxylic acids is 1. The molecule has 8 heteroatoms. The summed E-state index contributed by atoms with van der Waals surface area (Å²) >= 11 is 0. The third-order valence-corrected chi connectivity index (χ3v) is 4.47. The van der Waals surface area contributed by atoms with Gasteiger partial charge in [-0.2, -0.15) is 8.42 Å². The molecule has 0 aliphatic heterocycles. The third kappa shape index (κ3) is 5.75. The first kappa shape index (κ1) is 19.7. The van der Waals surface area contributed by atoms with Gasteiger partial charge in [-0.15, -0.1) is 0 Å². The zero-order chi connectivity index (χ0) is 19.3. The Bertz CT molecular complexity index is 846. The molecule has 0 radical (unpaired) electrons. The van der Waals surface area contributed by atoms with E-state index in [1.807, 2.05) is 24.3 Å². The molecule has 1 unspecified atom stereocenters. The van der Waals surface area contributed by atoms with Crippen LogP contribution in [0.5, 0.6) is 5.75 Å². The van der Waals surface area contributed by atoms with Crippen molar-refractivity contribution in [1.82, 2.24) is 5.32 Å². The highest BCUT2D eigenvalue weighted by Gasteiger charge is 2.11. The molecule has 0 spiro atoms. The Morgan fingerprint density at radius 2 is 1.58 bits per heavy atom. The molecule has 0 aliphatic carbocycles. The van der Waals surface area contributed by atoms with Crippen molar-refractivity contribution in [2.24, 2.45) is 0 Å². The molecular formula is C18H22N2O5S. The summed E-state index contributed by atoms with van der Waals surface area (Å²) in [5, 5.41) is 5.17. The van der Waals surface area contributed by atoms with Gasteiger partial charge in [0.15, 0.2) is 6.23 Å². The minimum Gasteiger partial charge on any atom is -0.471 e. The zero-order valence-corrected chi connectivity index (χ0v) is 15.6. The average molecular weight is 378 g/mol. The van der Waals surface area contributed by atoms with E-state index in [4.69, 9.17) is 9.29 Å². The van der Waals surface area contributed by atoms with Gasteiger partial charge in [0.05, 0.1) is 4.90 Å². The molecule has 2 aromatic carbocycles. The number of rotatable bonds is 6. The summed E-state index contributed by atoms with van der Waals surface area (Å²) in [4.78, 5) is 11.7. The number of benzene rings is 2. The number of hydrogen-bond donors (Lipinski definition) is 3. The van der Waals surface area contributed by atoms with Crippen LogP contribution in [-0.2, 0) is 10.1 Å². The number of anilines is 1. The normalized spacial score (nSPS) is 12.5. The lowest BCUT2D eigenvalue weighted by Crippen LogP contribution is -2.39. The van der Waals surface area contributed by atoms with E-state index in [9.17, 15) is 13.2 Å². The molecule has 0 saturated carbocycles. The molecular weight excluding hydrogens is 356 g/mol. The first-order valence-electron chi connectivity index (χ1n) is 8.07. The molecule has 26 heavy (non-hydrogen) atoms. The fraction of sp³-hybridized carbons (Fsp3) is 0.278. The topological polar surface area (TPSA) is 105 Å². The van der Waals surface area contributed by atoms with Crippen LogP contribution in [0.25, 0.3) is 0 Å². The molecule has 1 atom stereocenters. The van der Waals surface area contributed by atoms with Crippen LogP contribution in [0.2, 0.25) is 0 Å². The third-order valence-electron chi connectivity index (χ3n) is 3.60. The summed E-state index contributed by atoms with van der Waals surface area (Å²) in [6.45, 7) is 5.90. The highest BCUT2D eigenvalue weighted by molar-refractivity contribution is 7.85. The lowest BCUT2D eigenvalue weighted by Gasteiger charge is -2.17. The second-order valence-corrected chi connectivity index (χ2v) is 7.50. The van der Waals surface area contributed by atoms with Gasteiger partial charge in [-0.05, 0) is 54.8 Å². The molecule has 2 aromatic rings. The fourth-order valence-corrected chi connectivity index (χ4v) is 2.71. The maximum atomic E-state index is 12.0. The fourth-order valence-electron chi connectivity index (χ4n) is 2.23. The molecule has 0 heterocycles. The van der Waals surface area contributed by atoms with E-state index < -0.39 is 22.4 Å². The maximum absolute atomic E-state index is 12.0. The molecule has 0 aromatic heterocycles. The van der Waals surface area contributed by atoms with Crippen molar-refractivity contribution in [2.45, 2.75) is 37.8 Å². The minimum atomic E-state index is -4.26. The molecule has 0 aliphatic rings. The summed E-state index contributed by atoms with van der Waals surface area (Å²) in [5.41, 5.74) is 1.58. The highest BCUT2D eigenvalue weighted by Crippen LogP contribution is 2.19. The van der Waals surface area contributed by atoms with Crippen molar-refractivity contribution >= 4 is 21.8 Å². The second kappa shape index (κ2) is 8.20. The quantitative estimate of drug-likeness (QED) is 0.526. The summed E-state index contributed by atoms with van der Waals surface area (Å²) in [5.74, 6) is 1.07. The summed E-state index contributed by atoms with van der Waals surface area (Å²) in [7, 11) is -4.26. The van der Waals surface area contributed by atoms with E-state index in [-0.39, 0.29) is 4.90 Å². The van der Waals surface area contributed by atoms with Crippen LogP contribution in [0.4, 0.5) is 10.5 Å². The standard InChI is InChI=1S/C18H22N2O5S/c1-12(2)14-4-8-16(9-5-14)25-13(3)19-18(21)20-15-6-10-17(11-7-15)26(22,23)24/h4-13H,1-3H3,(H2,19,20,21)(H,22,23,24). The van der Waals surface area contributed by atoms with Gasteiger partial charge >= 0.3 is 6.03 Å². The van der Waals surface area contributed by atoms with Gasteiger partial charge in [-0.1, -0.05) is 26.0 Å². The number of ether oxygens (including phenoxy) is 1. The SMILES string of the molecule is CC(NC(=O)Nc1ccc(S(=O)(=O)O)cc1)Oc1ccc(C(C)C)cc1. The Labute approximate surface area is 153 Å². The Hall–Kier alpha value is -2.58. The molecule has 0 fully saturated rings. The Morgan fingerprint density at radius 3 is 2.08 bits per heavy atom. The smallest absolute Gasteiger partial charge is 0.322 e. The molecule has 3 N–H and O–H groups in total. The Morgan fingerprint density at radius 1 is 1.00 bits per heavy atom. The van der Waals surface area contributed by atoms with Crippen LogP contribution in [0.1, 0.15) is 32.3 Å².